The van der Waals surface area contributed by atoms with Gasteiger partial charge in [0.05, 0.1) is 16.1 Å². The molecule has 0 saturated carbocycles. The molecule has 2 aromatic rings. The second-order valence-corrected chi connectivity index (χ2v) is 5.08. The Balaban J connectivity index is 2.55. The van der Waals surface area contributed by atoms with E-state index < -0.39 is 0 Å². The highest BCUT2D eigenvalue weighted by molar-refractivity contribution is 5.83. The van der Waals surface area contributed by atoms with Gasteiger partial charge in [0, 0.05) is 29.5 Å². The minimum absolute atomic E-state index is 0.0736. The smallest absolute Gasteiger partial charge is 0.270 e. The van der Waals surface area contributed by atoms with Crippen LogP contribution in [0.2, 0.25) is 0 Å². The molecule has 1 aromatic heterocycles. The Morgan fingerprint density at radius 2 is 2.10 bits per heavy atom. The molecular formula is C15H20N4O2. The van der Waals surface area contributed by atoms with Crippen LogP contribution in [0.4, 0.5) is 5.69 Å². The van der Waals surface area contributed by atoms with Gasteiger partial charge in [-0.1, -0.05) is 13.8 Å². The molecule has 0 aliphatic rings. The van der Waals surface area contributed by atoms with Crippen LogP contribution in [0.1, 0.15) is 38.8 Å². The third-order valence-corrected chi connectivity index (χ3v) is 3.78. The number of nitrogens with one attached hydrogen (secondary N) is 1. The maximum atomic E-state index is 11.0. The van der Waals surface area contributed by atoms with Crippen molar-refractivity contribution in [1.82, 2.24) is 15.3 Å². The normalized spacial score (nSPS) is 14.0. The molecule has 1 heterocycles. The van der Waals surface area contributed by atoms with E-state index in [1.807, 2.05) is 0 Å². The molecule has 0 saturated heterocycles. The first kappa shape index (κ1) is 15.3. The number of benzene rings is 1. The van der Waals surface area contributed by atoms with Crippen LogP contribution in [-0.2, 0) is 0 Å². The molecule has 2 unspecified atom stereocenters. The highest BCUT2D eigenvalue weighted by Crippen LogP contribution is 2.29. The molecular weight excluding hydrogens is 268 g/mol. The lowest BCUT2D eigenvalue weighted by molar-refractivity contribution is -0.384. The molecule has 1 aromatic carbocycles. The van der Waals surface area contributed by atoms with Crippen LogP contribution in [0.3, 0.4) is 0 Å². The van der Waals surface area contributed by atoms with E-state index in [0.717, 1.165) is 29.6 Å². The summed E-state index contributed by atoms with van der Waals surface area (Å²) >= 11 is 0. The lowest BCUT2D eigenvalue weighted by Gasteiger charge is -2.23. The van der Waals surface area contributed by atoms with Gasteiger partial charge in [-0.3, -0.25) is 10.1 Å². The second kappa shape index (κ2) is 6.58. The van der Waals surface area contributed by atoms with Crippen molar-refractivity contribution in [2.75, 3.05) is 6.54 Å². The fourth-order valence-corrected chi connectivity index (χ4v) is 2.72. The molecule has 0 radical (unpaired) electrons. The van der Waals surface area contributed by atoms with Gasteiger partial charge in [0.25, 0.3) is 5.69 Å². The van der Waals surface area contributed by atoms with Gasteiger partial charge in [-0.25, -0.2) is 9.97 Å². The highest BCUT2D eigenvalue weighted by atomic mass is 16.6. The number of non-ortho nitro benzene ring substituents is 1. The number of rotatable bonds is 6. The largest absolute Gasteiger partial charge is 0.314 e. The maximum Gasteiger partial charge on any atom is 0.270 e. The molecule has 0 fully saturated rings. The summed E-state index contributed by atoms with van der Waals surface area (Å²) in [7, 11) is 0. The molecule has 1 N–H and O–H groups in total. The Morgan fingerprint density at radius 3 is 2.71 bits per heavy atom. The average molecular weight is 288 g/mol. The fraction of sp³-hybridized carbons (Fsp3) is 0.467. The maximum absolute atomic E-state index is 11.0. The number of hydrogen-bond acceptors (Lipinski definition) is 5. The Labute approximate surface area is 123 Å². The number of nitro groups is 1. The SMILES string of the molecule is CCNC(C)C(CC)c1ncnc2ccc([N+](=O)[O-])cc12. The number of nitrogens with zero attached hydrogens (tertiary/aromatic N) is 3. The predicted molar refractivity (Wildman–Crippen MR) is 82.4 cm³/mol. The Morgan fingerprint density at radius 1 is 1.33 bits per heavy atom. The zero-order valence-corrected chi connectivity index (χ0v) is 12.5. The summed E-state index contributed by atoms with van der Waals surface area (Å²) in [5.74, 6) is 0.192. The number of hydrogen-bond donors (Lipinski definition) is 1. The van der Waals surface area contributed by atoms with Gasteiger partial charge in [-0.2, -0.15) is 0 Å². The molecule has 2 rings (SSSR count). The van der Waals surface area contributed by atoms with Gasteiger partial charge >= 0.3 is 0 Å². The fourth-order valence-electron chi connectivity index (χ4n) is 2.72. The topological polar surface area (TPSA) is 81.0 Å². The van der Waals surface area contributed by atoms with E-state index in [1.54, 1.807) is 12.1 Å². The van der Waals surface area contributed by atoms with Crippen LogP contribution in [-0.4, -0.2) is 27.5 Å². The van der Waals surface area contributed by atoms with Crippen LogP contribution < -0.4 is 5.32 Å². The van der Waals surface area contributed by atoms with Gasteiger partial charge in [0.1, 0.15) is 6.33 Å². The van der Waals surface area contributed by atoms with E-state index in [9.17, 15) is 10.1 Å². The first-order chi connectivity index (χ1) is 10.1. The van der Waals surface area contributed by atoms with E-state index in [1.165, 1.54) is 12.4 Å². The zero-order valence-electron chi connectivity index (χ0n) is 12.5. The lowest BCUT2D eigenvalue weighted by atomic mass is 9.91. The van der Waals surface area contributed by atoms with Crippen molar-refractivity contribution in [3.8, 4) is 0 Å². The lowest BCUT2D eigenvalue weighted by Crippen LogP contribution is -2.32. The second-order valence-electron chi connectivity index (χ2n) is 5.08. The molecule has 0 amide bonds. The number of fused-ring (bicyclic) bond motifs is 1. The number of nitro benzene ring substituents is 1. The van der Waals surface area contributed by atoms with Gasteiger partial charge < -0.3 is 5.32 Å². The van der Waals surface area contributed by atoms with Crippen molar-refractivity contribution in [1.29, 1.82) is 0 Å². The van der Waals surface area contributed by atoms with Gasteiger partial charge in [-0.05, 0) is 26.0 Å². The van der Waals surface area contributed by atoms with Crippen molar-refractivity contribution >= 4 is 16.6 Å². The van der Waals surface area contributed by atoms with Gasteiger partial charge in [0.15, 0.2) is 0 Å². The van der Waals surface area contributed by atoms with Crippen LogP contribution in [0.25, 0.3) is 10.9 Å². The summed E-state index contributed by atoms with van der Waals surface area (Å²) in [4.78, 5) is 19.2. The molecule has 0 aliphatic carbocycles. The van der Waals surface area contributed by atoms with Crippen molar-refractivity contribution in [3.63, 3.8) is 0 Å². The first-order valence-corrected chi connectivity index (χ1v) is 7.20. The Bertz CT molecular complexity index is 645. The quantitative estimate of drug-likeness (QED) is 0.652. The Hall–Kier alpha value is -2.08. The number of aromatic nitrogens is 2. The minimum atomic E-state index is -0.384. The molecule has 112 valence electrons. The summed E-state index contributed by atoms with van der Waals surface area (Å²) in [6.45, 7) is 7.15. The summed E-state index contributed by atoms with van der Waals surface area (Å²) in [5.41, 5.74) is 1.69. The van der Waals surface area contributed by atoms with Gasteiger partial charge in [0.2, 0.25) is 0 Å². The molecule has 6 nitrogen and oxygen atoms in total. The van der Waals surface area contributed by atoms with Crippen molar-refractivity contribution in [3.05, 3.63) is 40.3 Å². The molecule has 21 heavy (non-hydrogen) atoms. The van der Waals surface area contributed by atoms with E-state index in [4.69, 9.17) is 0 Å². The zero-order chi connectivity index (χ0) is 15.4. The van der Waals surface area contributed by atoms with Crippen LogP contribution in [0.5, 0.6) is 0 Å². The third kappa shape index (κ3) is 3.16. The average Bonchev–Trinajstić information content (AvgIpc) is 2.48. The summed E-state index contributed by atoms with van der Waals surface area (Å²) in [6.07, 6.45) is 2.44. The summed E-state index contributed by atoms with van der Waals surface area (Å²) < 4.78 is 0. The summed E-state index contributed by atoms with van der Waals surface area (Å²) in [5, 5.41) is 15.2. The van der Waals surface area contributed by atoms with Crippen molar-refractivity contribution < 1.29 is 4.92 Å². The molecule has 0 spiro atoms. The Kier molecular flexibility index (Phi) is 4.80. The van der Waals surface area contributed by atoms with E-state index >= 15 is 0 Å². The predicted octanol–water partition coefficient (Wildman–Crippen LogP) is 3.03. The summed E-state index contributed by atoms with van der Waals surface area (Å²) in [6, 6.07) is 4.99. The van der Waals surface area contributed by atoms with Crippen LogP contribution in [0, 0.1) is 10.1 Å². The van der Waals surface area contributed by atoms with E-state index in [2.05, 4.69) is 36.1 Å². The van der Waals surface area contributed by atoms with Crippen molar-refractivity contribution in [2.45, 2.75) is 39.2 Å². The molecule has 0 aliphatic heterocycles. The van der Waals surface area contributed by atoms with Crippen LogP contribution in [0.15, 0.2) is 24.5 Å². The highest BCUT2D eigenvalue weighted by Gasteiger charge is 2.21. The van der Waals surface area contributed by atoms with Crippen molar-refractivity contribution in [2.24, 2.45) is 0 Å². The standard InChI is InChI=1S/C15H20N4O2/c1-4-12(10(3)16-5-2)15-13-8-11(19(20)21)6-7-14(13)17-9-18-15/h6-10,12,16H,4-5H2,1-3H3. The van der Waals surface area contributed by atoms with Crippen LogP contribution >= 0.6 is 0 Å². The van der Waals surface area contributed by atoms with E-state index in [0.29, 0.717) is 0 Å². The van der Waals surface area contributed by atoms with E-state index in [-0.39, 0.29) is 22.6 Å². The molecule has 2 atom stereocenters. The minimum Gasteiger partial charge on any atom is -0.314 e. The monoisotopic (exact) mass is 288 g/mol. The number of likely N-dealkylation sites (N-methyl/N-ethyl adjacent to an activating group) is 1. The first-order valence-electron chi connectivity index (χ1n) is 7.20. The molecule has 0 bridgehead atoms. The van der Waals surface area contributed by atoms with Gasteiger partial charge in [-0.15, -0.1) is 0 Å². The molecule has 6 heteroatoms. The third-order valence-electron chi connectivity index (χ3n) is 3.78.